The summed E-state index contributed by atoms with van der Waals surface area (Å²) in [5, 5.41) is 9.55. The minimum absolute atomic E-state index is 0.483. The number of thioether (sulfide) groups is 1. The highest BCUT2D eigenvalue weighted by Gasteiger charge is 2.09. The lowest BCUT2D eigenvalue weighted by Crippen LogP contribution is -1.93. The van der Waals surface area contributed by atoms with Crippen LogP contribution in [0.2, 0.25) is 0 Å². The first-order chi connectivity index (χ1) is 9.11. The van der Waals surface area contributed by atoms with Crippen LogP contribution in [-0.4, -0.2) is 11.4 Å². The molecule has 19 heavy (non-hydrogen) atoms. The maximum Gasteiger partial charge on any atom is 0.141 e. The van der Waals surface area contributed by atoms with E-state index in [1.165, 1.54) is 0 Å². The molecule has 0 radical (unpaired) electrons. The van der Waals surface area contributed by atoms with Crippen LogP contribution in [0.15, 0.2) is 51.8 Å². The molecule has 2 aromatic rings. The number of ether oxygens (including phenoxy) is 1. The van der Waals surface area contributed by atoms with Crippen LogP contribution in [0.3, 0.4) is 0 Å². The van der Waals surface area contributed by atoms with Crippen LogP contribution in [0.25, 0.3) is 0 Å². The highest BCUT2D eigenvalue weighted by molar-refractivity contribution is 9.10. The lowest BCUT2D eigenvalue weighted by Gasteiger charge is -2.12. The fraction of sp³-hybridized carbons (Fsp3) is 0.200. The van der Waals surface area contributed by atoms with E-state index in [2.05, 4.69) is 15.9 Å². The fourth-order valence-electron chi connectivity index (χ4n) is 1.68. The van der Waals surface area contributed by atoms with Crippen molar-refractivity contribution >= 4 is 27.7 Å². The molecular formula is C15H15BrO2S. The van der Waals surface area contributed by atoms with Gasteiger partial charge < -0.3 is 9.84 Å². The first-order valence-corrected chi connectivity index (χ1v) is 7.92. The maximum absolute atomic E-state index is 9.55. The molecule has 2 nitrogen and oxygen atoms in total. The molecule has 0 aromatic heterocycles. The SMILES string of the molecule is CSc1ccccc1Oc1ccc([C@@H](C)O)cc1Br. The fourth-order valence-corrected chi connectivity index (χ4v) is 2.68. The first kappa shape index (κ1) is 14.4. The van der Waals surface area contributed by atoms with Gasteiger partial charge in [0, 0.05) is 4.90 Å². The molecule has 0 heterocycles. The topological polar surface area (TPSA) is 29.5 Å². The van der Waals surface area contributed by atoms with Gasteiger partial charge in [0.25, 0.3) is 0 Å². The Balaban J connectivity index is 2.28. The monoisotopic (exact) mass is 338 g/mol. The number of benzene rings is 2. The summed E-state index contributed by atoms with van der Waals surface area (Å²) in [5.74, 6) is 1.58. The van der Waals surface area contributed by atoms with Gasteiger partial charge in [-0.2, -0.15) is 0 Å². The van der Waals surface area contributed by atoms with Gasteiger partial charge in [-0.15, -0.1) is 11.8 Å². The van der Waals surface area contributed by atoms with Crippen LogP contribution in [0.4, 0.5) is 0 Å². The zero-order valence-electron chi connectivity index (χ0n) is 10.8. The van der Waals surface area contributed by atoms with Crippen LogP contribution in [-0.2, 0) is 0 Å². The predicted molar refractivity (Wildman–Crippen MR) is 83.1 cm³/mol. The lowest BCUT2D eigenvalue weighted by atomic mass is 10.1. The molecule has 4 heteroatoms. The number of hydrogen-bond donors (Lipinski definition) is 1. The second-order valence-electron chi connectivity index (χ2n) is 4.12. The van der Waals surface area contributed by atoms with Gasteiger partial charge in [0.1, 0.15) is 11.5 Å². The van der Waals surface area contributed by atoms with Crippen molar-refractivity contribution in [3.8, 4) is 11.5 Å². The molecule has 0 fully saturated rings. The number of aliphatic hydroxyl groups is 1. The smallest absolute Gasteiger partial charge is 0.141 e. The van der Waals surface area contributed by atoms with E-state index >= 15 is 0 Å². The molecule has 2 aromatic carbocycles. The van der Waals surface area contributed by atoms with Crippen molar-refractivity contribution in [2.75, 3.05) is 6.26 Å². The van der Waals surface area contributed by atoms with E-state index in [1.54, 1.807) is 18.7 Å². The summed E-state index contributed by atoms with van der Waals surface area (Å²) in [6.07, 6.45) is 1.54. The van der Waals surface area contributed by atoms with Crippen molar-refractivity contribution in [3.05, 3.63) is 52.5 Å². The minimum Gasteiger partial charge on any atom is -0.455 e. The molecule has 0 unspecified atom stereocenters. The van der Waals surface area contributed by atoms with E-state index in [0.29, 0.717) is 0 Å². The van der Waals surface area contributed by atoms with E-state index in [4.69, 9.17) is 4.74 Å². The molecule has 1 atom stereocenters. The molecule has 0 spiro atoms. The quantitative estimate of drug-likeness (QED) is 0.794. The summed E-state index contributed by atoms with van der Waals surface area (Å²) in [6, 6.07) is 13.5. The van der Waals surface area contributed by atoms with E-state index < -0.39 is 6.10 Å². The third kappa shape index (κ3) is 3.53. The lowest BCUT2D eigenvalue weighted by molar-refractivity contribution is 0.199. The standard InChI is InChI=1S/C15H15BrO2S/c1-10(17)11-7-8-13(12(16)9-11)18-14-5-3-4-6-15(14)19-2/h3-10,17H,1-2H3/t10-/m1/s1. The van der Waals surface area contributed by atoms with Crippen LogP contribution in [0.5, 0.6) is 11.5 Å². The second-order valence-corrected chi connectivity index (χ2v) is 5.82. The normalized spacial score (nSPS) is 12.2. The molecule has 0 aliphatic carbocycles. The summed E-state index contributed by atoms with van der Waals surface area (Å²) in [7, 11) is 0. The summed E-state index contributed by atoms with van der Waals surface area (Å²) in [4.78, 5) is 1.09. The van der Waals surface area contributed by atoms with Gasteiger partial charge in [0.2, 0.25) is 0 Å². The minimum atomic E-state index is -0.483. The molecule has 0 saturated heterocycles. The molecule has 0 bridgehead atoms. The highest BCUT2D eigenvalue weighted by Crippen LogP contribution is 2.35. The largest absolute Gasteiger partial charge is 0.455 e. The number of hydrogen-bond acceptors (Lipinski definition) is 3. The Labute approximate surface area is 125 Å². The molecule has 2 rings (SSSR count). The van der Waals surface area contributed by atoms with Gasteiger partial charge in [0.15, 0.2) is 0 Å². The third-order valence-electron chi connectivity index (χ3n) is 2.73. The van der Waals surface area contributed by atoms with Crippen molar-refractivity contribution < 1.29 is 9.84 Å². The van der Waals surface area contributed by atoms with E-state index in [1.807, 2.05) is 48.7 Å². The first-order valence-electron chi connectivity index (χ1n) is 5.90. The number of para-hydroxylation sites is 1. The van der Waals surface area contributed by atoms with Crippen LogP contribution in [0, 0.1) is 0 Å². The summed E-state index contributed by atoms with van der Waals surface area (Å²) in [5.41, 5.74) is 0.859. The molecule has 0 saturated carbocycles. The van der Waals surface area contributed by atoms with Crippen molar-refractivity contribution in [3.63, 3.8) is 0 Å². The van der Waals surface area contributed by atoms with Crippen molar-refractivity contribution in [1.82, 2.24) is 0 Å². The van der Waals surface area contributed by atoms with E-state index in [9.17, 15) is 5.11 Å². The van der Waals surface area contributed by atoms with Gasteiger partial charge >= 0.3 is 0 Å². The third-order valence-corrected chi connectivity index (χ3v) is 4.12. The second kappa shape index (κ2) is 6.46. The molecule has 0 amide bonds. The summed E-state index contributed by atoms with van der Waals surface area (Å²) < 4.78 is 6.75. The Hall–Kier alpha value is -0.970. The van der Waals surface area contributed by atoms with E-state index in [-0.39, 0.29) is 0 Å². The Morgan fingerprint density at radius 3 is 2.53 bits per heavy atom. The Bertz CT molecular complexity index is 570. The number of aliphatic hydroxyl groups excluding tert-OH is 1. The van der Waals surface area contributed by atoms with Crippen LogP contribution < -0.4 is 4.74 Å². The molecule has 100 valence electrons. The van der Waals surface area contributed by atoms with Crippen molar-refractivity contribution in [1.29, 1.82) is 0 Å². The Morgan fingerprint density at radius 2 is 1.89 bits per heavy atom. The van der Waals surface area contributed by atoms with Crippen molar-refractivity contribution in [2.24, 2.45) is 0 Å². The molecule has 0 aliphatic rings. The average Bonchev–Trinajstić information content (AvgIpc) is 2.41. The van der Waals surface area contributed by atoms with Gasteiger partial charge in [0.05, 0.1) is 10.6 Å². The molecule has 1 N–H and O–H groups in total. The zero-order chi connectivity index (χ0) is 13.8. The summed E-state index contributed by atoms with van der Waals surface area (Å²) in [6.45, 7) is 1.74. The maximum atomic E-state index is 9.55. The zero-order valence-corrected chi connectivity index (χ0v) is 13.2. The Kier molecular flexibility index (Phi) is 4.91. The summed E-state index contributed by atoms with van der Waals surface area (Å²) >= 11 is 5.12. The van der Waals surface area contributed by atoms with Crippen LogP contribution in [0.1, 0.15) is 18.6 Å². The van der Waals surface area contributed by atoms with Crippen LogP contribution >= 0.6 is 27.7 Å². The number of halogens is 1. The van der Waals surface area contributed by atoms with E-state index in [0.717, 1.165) is 26.4 Å². The molecular weight excluding hydrogens is 324 g/mol. The number of rotatable bonds is 4. The van der Waals surface area contributed by atoms with Gasteiger partial charge in [-0.3, -0.25) is 0 Å². The predicted octanol–water partition coefficient (Wildman–Crippen LogP) is 5.02. The van der Waals surface area contributed by atoms with Crippen molar-refractivity contribution in [2.45, 2.75) is 17.9 Å². The Morgan fingerprint density at radius 1 is 1.16 bits per heavy atom. The average molecular weight is 339 g/mol. The highest BCUT2D eigenvalue weighted by atomic mass is 79.9. The molecule has 0 aliphatic heterocycles. The van der Waals surface area contributed by atoms with Gasteiger partial charge in [-0.1, -0.05) is 18.2 Å². The van der Waals surface area contributed by atoms with Gasteiger partial charge in [-0.25, -0.2) is 0 Å². The van der Waals surface area contributed by atoms with Gasteiger partial charge in [-0.05, 0) is 58.9 Å².